The molecule has 1 rings (SSSR count). The SMILES string of the molecule is CCCCS(=O)CCC1CCCC1NC. The molecule has 0 aromatic carbocycles. The van der Waals surface area contributed by atoms with Crippen LogP contribution in [0.15, 0.2) is 0 Å². The second-order valence-corrected chi connectivity index (χ2v) is 6.27. The summed E-state index contributed by atoms with van der Waals surface area (Å²) in [6.07, 6.45) is 7.42. The van der Waals surface area contributed by atoms with E-state index in [0.717, 1.165) is 36.7 Å². The molecule has 0 spiro atoms. The Kier molecular flexibility index (Phi) is 6.50. The predicted molar refractivity (Wildman–Crippen MR) is 67.6 cm³/mol. The van der Waals surface area contributed by atoms with Gasteiger partial charge >= 0.3 is 0 Å². The summed E-state index contributed by atoms with van der Waals surface area (Å²) >= 11 is 0. The number of hydrogen-bond donors (Lipinski definition) is 1. The van der Waals surface area contributed by atoms with Gasteiger partial charge in [-0.15, -0.1) is 0 Å². The largest absolute Gasteiger partial charge is 0.317 e. The van der Waals surface area contributed by atoms with Crippen molar-refractivity contribution in [3.8, 4) is 0 Å². The van der Waals surface area contributed by atoms with Crippen molar-refractivity contribution in [3.05, 3.63) is 0 Å². The molecule has 2 nitrogen and oxygen atoms in total. The highest BCUT2D eigenvalue weighted by atomic mass is 32.2. The molecule has 1 aliphatic rings. The van der Waals surface area contributed by atoms with E-state index in [1.54, 1.807) is 0 Å². The average Bonchev–Trinajstić information content (AvgIpc) is 2.70. The van der Waals surface area contributed by atoms with Crippen LogP contribution in [0.25, 0.3) is 0 Å². The molecule has 1 fully saturated rings. The highest BCUT2D eigenvalue weighted by Gasteiger charge is 2.25. The van der Waals surface area contributed by atoms with E-state index < -0.39 is 10.8 Å². The minimum Gasteiger partial charge on any atom is -0.317 e. The first kappa shape index (κ1) is 13.2. The first-order chi connectivity index (χ1) is 7.27. The number of rotatable bonds is 7. The normalized spacial score (nSPS) is 28.1. The molecule has 1 N–H and O–H groups in total. The van der Waals surface area contributed by atoms with Gasteiger partial charge in [-0.25, -0.2) is 0 Å². The van der Waals surface area contributed by atoms with Gasteiger partial charge in [-0.3, -0.25) is 4.21 Å². The lowest BCUT2D eigenvalue weighted by Crippen LogP contribution is -2.29. The lowest BCUT2D eigenvalue weighted by atomic mass is 10.0. The topological polar surface area (TPSA) is 29.1 Å². The van der Waals surface area contributed by atoms with Gasteiger partial charge in [0.1, 0.15) is 0 Å². The van der Waals surface area contributed by atoms with E-state index in [1.807, 2.05) is 0 Å². The zero-order chi connectivity index (χ0) is 11.1. The Morgan fingerprint density at radius 1 is 1.33 bits per heavy atom. The Morgan fingerprint density at radius 2 is 2.13 bits per heavy atom. The number of nitrogens with one attached hydrogen (secondary N) is 1. The molecule has 90 valence electrons. The zero-order valence-electron chi connectivity index (χ0n) is 10.1. The van der Waals surface area contributed by atoms with Crippen LogP contribution in [0.3, 0.4) is 0 Å². The molecule has 0 aromatic heterocycles. The third kappa shape index (κ3) is 4.64. The van der Waals surface area contributed by atoms with Crippen molar-refractivity contribution in [2.75, 3.05) is 18.6 Å². The summed E-state index contributed by atoms with van der Waals surface area (Å²) in [5.74, 6) is 2.61. The summed E-state index contributed by atoms with van der Waals surface area (Å²) in [5.41, 5.74) is 0. The summed E-state index contributed by atoms with van der Waals surface area (Å²) in [6.45, 7) is 2.16. The molecule has 0 aliphatic heterocycles. The molecule has 0 amide bonds. The van der Waals surface area contributed by atoms with Crippen LogP contribution >= 0.6 is 0 Å². The van der Waals surface area contributed by atoms with Crippen LogP contribution < -0.4 is 5.32 Å². The molecule has 0 saturated heterocycles. The second kappa shape index (κ2) is 7.39. The van der Waals surface area contributed by atoms with Gasteiger partial charge in [0, 0.05) is 28.3 Å². The fraction of sp³-hybridized carbons (Fsp3) is 1.00. The molecule has 3 atom stereocenters. The van der Waals surface area contributed by atoms with Crippen LogP contribution in [0.4, 0.5) is 0 Å². The van der Waals surface area contributed by atoms with Crippen molar-refractivity contribution >= 4 is 10.8 Å². The molecular formula is C12H25NOS. The van der Waals surface area contributed by atoms with Gasteiger partial charge in [0.2, 0.25) is 0 Å². The fourth-order valence-electron chi connectivity index (χ4n) is 2.45. The molecule has 1 aliphatic carbocycles. The lowest BCUT2D eigenvalue weighted by molar-refractivity contribution is 0.416. The van der Waals surface area contributed by atoms with E-state index >= 15 is 0 Å². The zero-order valence-corrected chi connectivity index (χ0v) is 10.9. The summed E-state index contributed by atoms with van der Waals surface area (Å²) < 4.78 is 11.6. The molecule has 0 bridgehead atoms. The van der Waals surface area contributed by atoms with E-state index in [4.69, 9.17) is 0 Å². The van der Waals surface area contributed by atoms with E-state index in [0.29, 0.717) is 6.04 Å². The van der Waals surface area contributed by atoms with Gasteiger partial charge in [0.05, 0.1) is 0 Å². The van der Waals surface area contributed by atoms with Gasteiger partial charge in [0.15, 0.2) is 0 Å². The Bertz CT molecular complexity index is 196. The third-order valence-corrected chi connectivity index (χ3v) is 4.91. The van der Waals surface area contributed by atoms with Crippen molar-refractivity contribution in [1.82, 2.24) is 5.32 Å². The second-order valence-electron chi connectivity index (χ2n) is 4.58. The maximum Gasteiger partial charge on any atom is 0.0238 e. The molecule has 0 radical (unpaired) electrons. The minimum absolute atomic E-state index is 0.561. The molecule has 3 unspecified atom stereocenters. The van der Waals surface area contributed by atoms with E-state index in [1.165, 1.54) is 19.3 Å². The van der Waals surface area contributed by atoms with Crippen molar-refractivity contribution in [3.63, 3.8) is 0 Å². The Hall–Kier alpha value is 0.110. The minimum atomic E-state index is -0.561. The van der Waals surface area contributed by atoms with Crippen LogP contribution in [0.2, 0.25) is 0 Å². The summed E-state index contributed by atoms with van der Waals surface area (Å²) in [5, 5.41) is 3.38. The van der Waals surface area contributed by atoms with E-state index in [-0.39, 0.29) is 0 Å². The van der Waals surface area contributed by atoms with Crippen molar-refractivity contribution in [2.24, 2.45) is 5.92 Å². The smallest absolute Gasteiger partial charge is 0.0238 e. The summed E-state index contributed by atoms with van der Waals surface area (Å²) in [4.78, 5) is 0. The van der Waals surface area contributed by atoms with Gasteiger partial charge < -0.3 is 5.32 Å². The maximum absolute atomic E-state index is 11.6. The van der Waals surface area contributed by atoms with Gasteiger partial charge in [-0.05, 0) is 38.6 Å². The van der Waals surface area contributed by atoms with Gasteiger partial charge in [-0.1, -0.05) is 19.8 Å². The maximum atomic E-state index is 11.6. The first-order valence-corrected chi connectivity index (χ1v) is 7.79. The predicted octanol–water partition coefficient (Wildman–Crippen LogP) is 2.31. The molecule has 3 heteroatoms. The Balaban J connectivity index is 2.15. The first-order valence-electron chi connectivity index (χ1n) is 6.30. The van der Waals surface area contributed by atoms with Crippen molar-refractivity contribution < 1.29 is 4.21 Å². The third-order valence-electron chi connectivity index (χ3n) is 3.47. The van der Waals surface area contributed by atoms with Crippen LogP contribution in [0, 0.1) is 5.92 Å². The van der Waals surface area contributed by atoms with Crippen LogP contribution in [-0.4, -0.2) is 28.8 Å². The number of hydrogen-bond acceptors (Lipinski definition) is 2. The van der Waals surface area contributed by atoms with E-state index in [2.05, 4.69) is 19.3 Å². The lowest BCUT2D eigenvalue weighted by Gasteiger charge is -2.18. The molecule has 1 saturated carbocycles. The standard InChI is InChI=1S/C12H25NOS/c1-3-4-9-15(14)10-8-11-6-5-7-12(11)13-2/h11-13H,3-10H2,1-2H3. The summed E-state index contributed by atoms with van der Waals surface area (Å²) in [7, 11) is 1.49. The Labute approximate surface area is 96.7 Å². The van der Waals surface area contributed by atoms with Crippen LogP contribution in [-0.2, 0) is 10.8 Å². The van der Waals surface area contributed by atoms with E-state index in [9.17, 15) is 4.21 Å². The van der Waals surface area contributed by atoms with Crippen molar-refractivity contribution in [1.29, 1.82) is 0 Å². The van der Waals surface area contributed by atoms with Gasteiger partial charge in [0.25, 0.3) is 0 Å². The summed E-state index contributed by atoms with van der Waals surface area (Å²) in [6, 6.07) is 0.688. The molecule has 0 aromatic rings. The molecule has 0 heterocycles. The van der Waals surface area contributed by atoms with Crippen LogP contribution in [0.5, 0.6) is 0 Å². The van der Waals surface area contributed by atoms with Gasteiger partial charge in [-0.2, -0.15) is 0 Å². The number of unbranched alkanes of at least 4 members (excludes halogenated alkanes) is 1. The average molecular weight is 231 g/mol. The molecule has 15 heavy (non-hydrogen) atoms. The fourth-order valence-corrected chi connectivity index (χ4v) is 3.83. The quantitative estimate of drug-likeness (QED) is 0.728. The Morgan fingerprint density at radius 3 is 2.80 bits per heavy atom. The molecular weight excluding hydrogens is 206 g/mol. The monoisotopic (exact) mass is 231 g/mol. The highest BCUT2D eigenvalue weighted by molar-refractivity contribution is 7.84. The van der Waals surface area contributed by atoms with Crippen molar-refractivity contribution in [2.45, 2.75) is 51.5 Å². The van der Waals surface area contributed by atoms with Crippen LogP contribution in [0.1, 0.15) is 45.4 Å². The highest BCUT2D eigenvalue weighted by Crippen LogP contribution is 2.28.